The van der Waals surface area contributed by atoms with E-state index in [2.05, 4.69) is 9.80 Å². The fourth-order valence-corrected chi connectivity index (χ4v) is 2.31. The Morgan fingerprint density at radius 1 is 1.11 bits per heavy atom. The average Bonchev–Trinajstić information content (AvgIpc) is 2.64. The number of piperazine rings is 1. The second-order valence-electron chi connectivity index (χ2n) is 4.78. The number of aliphatic hydroxyl groups is 2. The van der Waals surface area contributed by atoms with Crippen molar-refractivity contribution in [1.82, 2.24) is 4.90 Å². The van der Waals surface area contributed by atoms with Crippen LogP contribution in [0.2, 0.25) is 0 Å². The van der Waals surface area contributed by atoms with Crippen molar-refractivity contribution in [2.45, 2.75) is 6.10 Å². The predicted octanol–water partition coefficient (Wildman–Crippen LogP) is -0.478. The normalized spacial score (nSPS) is 18.3. The molecule has 2 N–H and O–H groups in total. The molecule has 0 bridgehead atoms. The molecule has 0 saturated carbocycles. The Balaban J connectivity index is 1.97. The summed E-state index contributed by atoms with van der Waals surface area (Å²) in [5.74, 6) is 0. The molecule has 2 rings (SSSR count). The third-order valence-corrected chi connectivity index (χ3v) is 3.37. The second-order valence-corrected chi connectivity index (χ2v) is 4.78. The molecule has 19 heavy (non-hydrogen) atoms. The van der Waals surface area contributed by atoms with Gasteiger partial charge in [-0.1, -0.05) is 18.2 Å². The molecule has 1 saturated heterocycles. The van der Waals surface area contributed by atoms with E-state index in [4.69, 9.17) is 5.11 Å². The molecule has 5 heteroatoms. The summed E-state index contributed by atoms with van der Waals surface area (Å²) in [4.78, 5) is 16.1. The molecule has 0 amide bonds. The van der Waals surface area contributed by atoms with Crippen LogP contribution in [-0.4, -0.2) is 60.5 Å². The minimum atomic E-state index is -0.684. The van der Waals surface area contributed by atoms with Crippen LogP contribution in [-0.2, 0) is 0 Å². The molecule has 1 aromatic rings. The zero-order valence-corrected chi connectivity index (χ0v) is 10.9. The fraction of sp³-hybridized carbons (Fsp3) is 0.500. The summed E-state index contributed by atoms with van der Waals surface area (Å²) < 4.78 is 0. The first-order valence-electron chi connectivity index (χ1n) is 6.56. The Bertz CT molecular complexity index is 458. The van der Waals surface area contributed by atoms with E-state index in [1.807, 2.05) is 18.2 Å². The van der Waals surface area contributed by atoms with Gasteiger partial charge in [-0.3, -0.25) is 9.69 Å². The highest BCUT2D eigenvalue weighted by Gasteiger charge is 2.19. The Kier molecular flexibility index (Phi) is 4.90. The van der Waals surface area contributed by atoms with Crippen molar-refractivity contribution in [1.29, 1.82) is 0 Å². The summed E-state index contributed by atoms with van der Waals surface area (Å²) in [6, 6.07) is 8.90. The van der Waals surface area contributed by atoms with Crippen LogP contribution in [0.1, 0.15) is 0 Å². The summed E-state index contributed by atoms with van der Waals surface area (Å²) in [7, 11) is 0. The van der Waals surface area contributed by atoms with Gasteiger partial charge in [-0.2, -0.15) is 0 Å². The maximum atomic E-state index is 11.9. The van der Waals surface area contributed by atoms with Crippen molar-refractivity contribution in [3.8, 4) is 0 Å². The third-order valence-electron chi connectivity index (χ3n) is 3.37. The van der Waals surface area contributed by atoms with Gasteiger partial charge in [-0.15, -0.1) is 0 Å². The lowest BCUT2D eigenvalue weighted by Crippen LogP contribution is -2.49. The van der Waals surface area contributed by atoms with E-state index >= 15 is 0 Å². The molecule has 104 valence electrons. The van der Waals surface area contributed by atoms with Crippen LogP contribution in [0.4, 0.5) is 5.69 Å². The number of β-amino-alcohol motifs (C(OH)–C–C–N with tert-alkyl or cyclic N) is 1. The van der Waals surface area contributed by atoms with Crippen LogP contribution in [0, 0.1) is 0 Å². The number of aliphatic hydroxyl groups excluding tert-OH is 2. The van der Waals surface area contributed by atoms with Gasteiger partial charge >= 0.3 is 0 Å². The lowest BCUT2D eigenvalue weighted by atomic mass is 10.2. The van der Waals surface area contributed by atoms with Crippen molar-refractivity contribution in [3.05, 3.63) is 40.6 Å². The molecular formula is C14H20N2O3. The highest BCUT2D eigenvalue weighted by molar-refractivity contribution is 5.45. The van der Waals surface area contributed by atoms with Gasteiger partial charge < -0.3 is 15.1 Å². The topological polar surface area (TPSA) is 64.0 Å². The van der Waals surface area contributed by atoms with E-state index in [-0.39, 0.29) is 12.0 Å². The zero-order chi connectivity index (χ0) is 13.7. The first kappa shape index (κ1) is 14.0. The number of rotatable bonds is 4. The third kappa shape index (κ3) is 3.76. The van der Waals surface area contributed by atoms with Crippen LogP contribution in [0.3, 0.4) is 0 Å². The second kappa shape index (κ2) is 6.65. The summed E-state index contributed by atoms with van der Waals surface area (Å²) in [5.41, 5.74) is 0.765. The molecule has 1 aliphatic heterocycles. The molecule has 0 aromatic heterocycles. The van der Waals surface area contributed by atoms with Crippen molar-refractivity contribution in [2.75, 3.05) is 44.2 Å². The van der Waals surface area contributed by atoms with Crippen LogP contribution in [0.15, 0.2) is 35.1 Å². The number of hydrogen-bond donors (Lipinski definition) is 2. The smallest absolute Gasteiger partial charge is 0.201 e. The van der Waals surface area contributed by atoms with Gasteiger partial charge in [0.1, 0.15) is 0 Å². The number of hydrogen-bond acceptors (Lipinski definition) is 5. The van der Waals surface area contributed by atoms with Crippen molar-refractivity contribution in [2.24, 2.45) is 0 Å². The van der Waals surface area contributed by atoms with E-state index in [0.717, 1.165) is 31.9 Å². The summed E-state index contributed by atoms with van der Waals surface area (Å²) in [5, 5.41) is 18.2. The van der Waals surface area contributed by atoms with Gasteiger partial charge in [0.2, 0.25) is 5.43 Å². The van der Waals surface area contributed by atoms with E-state index in [0.29, 0.717) is 6.54 Å². The summed E-state index contributed by atoms with van der Waals surface area (Å²) >= 11 is 0. The highest BCUT2D eigenvalue weighted by Crippen LogP contribution is 2.11. The van der Waals surface area contributed by atoms with Gasteiger partial charge in [0.15, 0.2) is 0 Å². The molecule has 1 unspecified atom stereocenters. The standard InChI is InChI=1S/C14H20N2O3/c17-11-12(18)10-15-6-8-16(9-7-15)13-4-2-1-3-5-14(13)19/h1-5,12,17-18H,6-11H2. The lowest BCUT2D eigenvalue weighted by Gasteiger charge is -2.36. The number of nitrogens with zero attached hydrogens (tertiary/aromatic N) is 2. The van der Waals surface area contributed by atoms with E-state index in [1.54, 1.807) is 12.1 Å². The lowest BCUT2D eigenvalue weighted by molar-refractivity contribution is 0.0575. The quantitative estimate of drug-likeness (QED) is 0.769. The maximum absolute atomic E-state index is 11.9. The van der Waals surface area contributed by atoms with E-state index < -0.39 is 6.10 Å². The van der Waals surface area contributed by atoms with Crippen LogP contribution >= 0.6 is 0 Å². The van der Waals surface area contributed by atoms with Gasteiger partial charge in [0, 0.05) is 32.7 Å². The van der Waals surface area contributed by atoms with Gasteiger partial charge in [-0.25, -0.2) is 0 Å². The van der Waals surface area contributed by atoms with Crippen molar-refractivity contribution in [3.63, 3.8) is 0 Å². The molecule has 0 radical (unpaired) electrons. The largest absolute Gasteiger partial charge is 0.394 e. The molecule has 0 aliphatic carbocycles. The highest BCUT2D eigenvalue weighted by atomic mass is 16.3. The molecule has 5 nitrogen and oxygen atoms in total. The Morgan fingerprint density at radius 2 is 1.79 bits per heavy atom. The Labute approximate surface area is 112 Å². The zero-order valence-electron chi connectivity index (χ0n) is 10.9. The van der Waals surface area contributed by atoms with Crippen molar-refractivity contribution < 1.29 is 10.2 Å². The molecule has 1 aliphatic rings. The maximum Gasteiger partial charge on any atom is 0.201 e. The molecule has 0 spiro atoms. The van der Waals surface area contributed by atoms with Gasteiger partial charge in [0.25, 0.3) is 0 Å². The monoisotopic (exact) mass is 264 g/mol. The first-order valence-corrected chi connectivity index (χ1v) is 6.56. The average molecular weight is 264 g/mol. The molecule has 1 fully saturated rings. The SMILES string of the molecule is O=c1cccccc1N1CCN(CC(O)CO)CC1. The van der Waals surface area contributed by atoms with Crippen LogP contribution < -0.4 is 10.3 Å². The fourth-order valence-electron chi connectivity index (χ4n) is 2.31. The summed E-state index contributed by atoms with van der Waals surface area (Å²) in [6.07, 6.45) is -0.684. The minimum Gasteiger partial charge on any atom is -0.394 e. The van der Waals surface area contributed by atoms with Gasteiger partial charge in [-0.05, 0) is 12.1 Å². The Hall–Kier alpha value is -1.43. The Morgan fingerprint density at radius 3 is 2.47 bits per heavy atom. The molecule has 1 aromatic carbocycles. The molecule has 1 atom stereocenters. The number of anilines is 1. The predicted molar refractivity (Wildman–Crippen MR) is 74.5 cm³/mol. The molecular weight excluding hydrogens is 244 g/mol. The van der Waals surface area contributed by atoms with E-state index in [1.165, 1.54) is 0 Å². The van der Waals surface area contributed by atoms with Crippen molar-refractivity contribution >= 4 is 5.69 Å². The summed E-state index contributed by atoms with van der Waals surface area (Å²) in [6.45, 7) is 3.37. The van der Waals surface area contributed by atoms with Crippen LogP contribution in [0.5, 0.6) is 0 Å². The first-order chi connectivity index (χ1) is 9.20. The van der Waals surface area contributed by atoms with Gasteiger partial charge in [0.05, 0.1) is 18.4 Å². The molecule has 1 heterocycles. The van der Waals surface area contributed by atoms with E-state index in [9.17, 15) is 9.90 Å². The van der Waals surface area contributed by atoms with Crippen LogP contribution in [0.25, 0.3) is 0 Å². The minimum absolute atomic E-state index is 0.0360.